The number of rotatable bonds is 4. The molecule has 0 saturated carbocycles. The summed E-state index contributed by atoms with van der Waals surface area (Å²) in [5.74, 6) is 1.44. The molecule has 2 aromatic carbocycles. The van der Waals surface area contributed by atoms with Crippen molar-refractivity contribution in [3.63, 3.8) is 0 Å². The largest absolute Gasteiger partial charge is 0.486 e. The predicted molar refractivity (Wildman–Crippen MR) is 107 cm³/mol. The van der Waals surface area contributed by atoms with Crippen LogP contribution in [0.25, 0.3) is 0 Å². The number of nitrogens with one attached hydrogen (secondary N) is 2. The SMILES string of the molecule is Cc1ccc(Cl)cc1NC(=O)c1cnc(Nc2ccc3c(c2)OCCO3)nc1. The van der Waals surface area contributed by atoms with Gasteiger partial charge in [-0.2, -0.15) is 0 Å². The van der Waals surface area contributed by atoms with Gasteiger partial charge in [0, 0.05) is 34.9 Å². The number of aromatic nitrogens is 2. The maximum absolute atomic E-state index is 12.4. The van der Waals surface area contributed by atoms with Gasteiger partial charge in [-0.15, -0.1) is 0 Å². The van der Waals surface area contributed by atoms with Gasteiger partial charge < -0.3 is 20.1 Å². The minimum atomic E-state index is -0.309. The van der Waals surface area contributed by atoms with E-state index in [0.29, 0.717) is 46.9 Å². The highest BCUT2D eigenvalue weighted by atomic mass is 35.5. The van der Waals surface area contributed by atoms with Gasteiger partial charge in [-0.3, -0.25) is 4.79 Å². The molecule has 0 bridgehead atoms. The van der Waals surface area contributed by atoms with Crippen LogP contribution in [0, 0.1) is 6.92 Å². The summed E-state index contributed by atoms with van der Waals surface area (Å²) in [5.41, 5.74) is 2.66. The number of carbonyl (C=O) groups is 1. The number of anilines is 3. The monoisotopic (exact) mass is 396 g/mol. The first-order valence-corrected chi connectivity index (χ1v) is 9.02. The van der Waals surface area contributed by atoms with Crippen LogP contribution in [0.4, 0.5) is 17.3 Å². The third-order valence-corrected chi connectivity index (χ3v) is 4.40. The van der Waals surface area contributed by atoms with E-state index in [-0.39, 0.29) is 5.91 Å². The first kappa shape index (κ1) is 18.1. The molecule has 142 valence electrons. The van der Waals surface area contributed by atoms with Crippen molar-refractivity contribution >= 4 is 34.8 Å². The average Bonchev–Trinajstić information content (AvgIpc) is 2.71. The van der Waals surface area contributed by atoms with Crippen molar-refractivity contribution in [2.75, 3.05) is 23.8 Å². The van der Waals surface area contributed by atoms with Gasteiger partial charge in [0.15, 0.2) is 11.5 Å². The second-order valence-corrected chi connectivity index (χ2v) is 6.63. The van der Waals surface area contributed by atoms with Crippen molar-refractivity contribution < 1.29 is 14.3 Å². The second kappa shape index (κ2) is 7.74. The number of hydrogen-bond donors (Lipinski definition) is 2. The quantitative estimate of drug-likeness (QED) is 0.687. The molecule has 2 heterocycles. The number of amides is 1. The van der Waals surface area contributed by atoms with Crippen LogP contribution in [0.15, 0.2) is 48.8 Å². The fraction of sp³-hybridized carbons (Fsp3) is 0.150. The zero-order chi connectivity index (χ0) is 19.5. The number of ether oxygens (including phenoxy) is 2. The van der Waals surface area contributed by atoms with Crippen LogP contribution < -0.4 is 20.1 Å². The molecular weight excluding hydrogens is 380 g/mol. The van der Waals surface area contributed by atoms with E-state index in [0.717, 1.165) is 11.3 Å². The van der Waals surface area contributed by atoms with E-state index in [9.17, 15) is 4.79 Å². The Bertz CT molecular complexity index is 1020. The Kier molecular flexibility index (Phi) is 4.99. The van der Waals surface area contributed by atoms with E-state index in [1.807, 2.05) is 31.2 Å². The Morgan fingerprint density at radius 2 is 1.79 bits per heavy atom. The van der Waals surface area contributed by atoms with E-state index in [1.54, 1.807) is 12.1 Å². The van der Waals surface area contributed by atoms with Crippen LogP contribution in [0.5, 0.6) is 11.5 Å². The topological polar surface area (TPSA) is 85.4 Å². The van der Waals surface area contributed by atoms with Gasteiger partial charge in [-0.25, -0.2) is 9.97 Å². The normalized spacial score (nSPS) is 12.4. The number of fused-ring (bicyclic) bond motifs is 1. The first-order valence-electron chi connectivity index (χ1n) is 8.65. The maximum atomic E-state index is 12.4. The fourth-order valence-corrected chi connectivity index (χ4v) is 2.86. The van der Waals surface area contributed by atoms with Crippen molar-refractivity contribution in [3.8, 4) is 11.5 Å². The Morgan fingerprint density at radius 1 is 1.04 bits per heavy atom. The first-order chi connectivity index (χ1) is 13.6. The molecule has 0 saturated heterocycles. The van der Waals surface area contributed by atoms with Crippen LogP contribution in [-0.4, -0.2) is 29.1 Å². The molecule has 3 aromatic rings. The summed E-state index contributed by atoms with van der Waals surface area (Å²) in [6.07, 6.45) is 2.92. The zero-order valence-electron chi connectivity index (χ0n) is 15.0. The van der Waals surface area contributed by atoms with Crippen molar-refractivity contribution in [1.82, 2.24) is 9.97 Å². The van der Waals surface area contributed by atoms with Gasteiger partial charge in [-0.1, -0.05) is 17.7 Å². The van der Waals surface area contributed by atoms with E-state index in [4.69, 9.17) is 21.1 Å². The summed E-state index contributed by atoms with van der Waals surface area (Å²) in [6.45, 7) is 2.95. The minimum absolute atomic E-state index is 0.309. The lowest BCUT2D eigenvalue weighted by Crippen LogP contribution is -2.15. The van der Waals surface area contributed by atoms with E-state index in [2.05, 4.69) is 20.6 Å². The second-order valence-electron chi connectivity index (χ2n) is 6.19. The molecule has 0 radical (unpaired) electrons. The minimum Gasteiger partial charge on any atom is -0.486 e. The summed E-state index contributed by atoms with van der Waals surface area (Å²) >= 11 is 5.99. The summed E-state index contributed by atoms with van der Waals surface area (Å²) in [6, 6.07) is 10.8. The molecule has 1 amide bonds. The number of hydrogen-bond acceptors (Lipinski definition) is 6. The Balaban J connectivity index is 1.45. The van der Waals surface area contributed by atoms with Crippen LogP contribution in [0.1, 0.15) is 15.9 Å². The molecule has 4 rings (SSSR count). The van der Waals surface area contributed by atoms with Gasteiger partial charge in [-0.05, 0) is 36.8 Å². The molecule has 2 N–H and O–H groups in total. The maximum Gasteiger partial charge on any atom is 0.258 e. The molecular formula is C20H17ClN4O3. The van der Waals surface area contributed by atoms with Crippen molar-refractivity contribution in [1.29, 1.82) is 0 Å². The highest BCUT2D eigenvalue weighted by Crippen LogP contribution is 2.33. The Morgan fingerprint density at radius 3 is 2.57 bits per heavy atom. The van der Waals surface area contributed by atoms with Crippen LogP contribution in [0.3, 0.4) is 0 Å². The summed E-state index contributed by atoms with van der Waals surface area (Å²) in [4.78, 5) is 20.8. The third kappa shape index (κ3) is 3.99. The van der Waals surface area contributed by atoms with Gasteiger partial charge >= 0.3 is 0 Å². The number of benzene rings is 2. The molecule has 0 aliphatic carbocycles. The molecule has 7 nitrogen and oxygen atoms in total. The average molecular weight is 397 g/mol. The summed E-state index contributed by atoms with van der Waals surface area (Å²) in [7, 11) is 0. The van der Waals surface area contributed by atoms with Gasteiger partial charge in [0.25, 0.3) is 5.91 Å². The number of aryl methyl sites for hydroxylation is 1. The van der Waals surface area contributed by atoms with E-state index >= 15 is 0 Å². The fourth-order valence-electron chi connectivity index (χ4n) is 2.68. The number of nitrogens with zero attached hydrogens (tertiary/aromatic N) is 2. The number of carbonyl (C=O) groups excluding carboxylic acids is 1. The van der Waals surface area contributed by atoms with Crippen molar-refractivity contribution in [2.24, 2.45) is 0 Å². The molecule has 0 spiro atoms. The molecule has 1 aliphatic rings. The van der Waals surface area contributed by atoms with Crippen LogP contribution in [-0.2, 0) is 0 Å². The number of halogens is 1. The molecule has 0 fully saturated rings. The lowest BCUT2D eigenvalue weighted by atomic mass is 10.2. The van der Waals surface area contributed by atoms with Gasteiger partial charge in [0.05, 0.1) is 5.56 Å². The van der Waals surface area contributed by atoms with Gasteiger partial charge in [0.1, 0.15) is 13.2 Å². The van der Waals surface area contributed by atoms with E-state index < -0.39 is 0 Å². The molecule has 1 aliphatic heterocycles. The Labute approximate surface area is 166 Å². The lowest BCUT2D eigenvalue weighted by Gasteiger charge is -2.19. The van der Waals surface area contributed by atoms with Crippen molar-refractivity contribution in [2.45, 2.75) is 6.92 Å². The summed E-state index contributed by atoms with van der Waals surface area (Å²) in [5, 5.41) is 6.45. The molecule has 0 atom stereocenters. The van der Waals surface area contributed by atoms with Crippen LogP contribution >= 0.6 is 11.6 Å². The molecule has 28 heavy (non-hydrogen) atoms. The zero-order valence-corrected chi connectivity index (χ0v) is 15.8. The highest BCUT2D eigenvalue weighted by molar-refractivity contribution is 6.31. The smallest absolute Gasteiger partial charge is 0.258 e. The summed E-state index contributed by atoms with van der Waals surface area (Å²) < 4.78 is 11.1. The Hall–Kier alpha value is -3.32. The standard InChI is InChI=1S/C20H17ClN4O3/c1-12-2-3-14(21)8-16(12)25-19(26)13-10-22-20(23-11-13)24-15-4-5-17-18(9-15)28-7-6-27-17/h2-5,8-11H,6-7H2,1H3,(H,25,26)(H,22,23,24). The van der Waals surface area contributed by atoms with Crippen LogP contribution in [0.2, 0.25) is 5.02 Å². The van der Waals surface area contributed by atoms with E-state index in [1.165, 1.54) is 12.4 Å². The lowest BCUT2D eigenvalue weighted by molar-refractivity contribution is 0.102. The molecule has 1 aromatic heterocycles. The highest BCUT2D eigenvalue weighted by Gasteiger charge is 2.13. The molecule has 8 heteroatoms. The predicted octanol–water partition coefficient (Wildman–Crippen LogP) is 4.21. The molecule has 0 unspecified atom stereocenters. The van der Waals surface area contributed by atoms with Gasteiger partial charge in [0.2, 0.25) is 5.95 Å². The third-order valence-electron chi connectivity index (χ3n) is 4.16. The van der Waals surface area contributed by atoms with Crippen molar-refractivity contribution in [3.05, 3.63) is 64.9 Å².